The van der Waals surface area contributed by atoms with Crippen molar-refractivity contribution in [1.82, 2.24) is 19.5 Å². The Kier molecular flexibility index (Phi) is 4.30. The highest BCUT2D eigenvalue weighted by Gasteiger charge is 2.25. The second-order valence-corrected chi connectivity index (χ2v) is 6.96. The quantitative estimate of drug-likeness (QED) is 0.639. The Morgan fingerprint density at radius 2 is 2.28 bits per heavy atom. The average Bonchev–Trinajstić information content (AvgIpc) is 3.34. The van der Waals surface area contributed by atoms with Crippen LogP contribution in [0.3, 0.4) is 0 Å². The smallest absolute Gasteiger partial charge is 0.180 e. The second kappa shape index (κ2) is 6.61. The molecule has 4 heterocycles. The molecule has 0 aliphatic carbocycles. The number of aliphatic hydroxyl groups is 1. The van der Waals surface area contributed by atoms with Crippen molar-refractivity contribution in [3.8, 4) is 0 Å². The third-order valence-electron chi connectivity index (χ3n) is 4.91. The molecule has 8 heteroatoms. The van der Waals surface area contributed by atoms with Crippen molar-refractivity contribution in [2.75, 3.05) is 29.9 Å². The highest BCUT2D eigenvalue weighted by atomic mass is 32.1. The van der Waals surface area contributed by atoms with Crippen molar-refractivity contribution in [3.05, 3.63) is 31.1 Å². The lowest BCUT2D eigenvalue weighted by atomic mass is 10.2. The van der Waals surface area contributed by atoms with Gasteiger partial charge in [-0.25, -0.2) is 9.50 Å². The molecule has 0 aromatic carbocycles. The molecule has 2 aliphatic heterocycles. The summed E-state index contributed by atoms with van der Waals surface area (Å²) in [5.74, 6) is 0.931. The molecule has 4 rings (SSSR count). The maximum Gasteiger partial charge on any atom is 0.180 e. The SMILES string of the molecule is C=C[C@H]1CCCN1c1ccn2ncc(NC(=S)N3CC[C@H](O)C3)c2n1. The number of fused-ring (bicyclic) bond motifs is 1. The minimum Gasteiger partial charge on any atom is -0.391 e. The van der Waals surface area contributed by atoms with Gasteiger partial charge >= 0.3 is 0 Å². The van der Waals surface area contributed by atoms with E-state index in [1.807, 2.05) is 23.2 Å². The molecule has 2 atom stereocenters. The Bertz CT molecular complexity index is 806. The molecule has 25 heavy (non-hydrogen) atoms. The van der Waals surface area contributed by atoms with E-state index in [1.165, 1.54) is 0 Å². The number of β-amino-alcohol motifs (C(OH)–C–C–N with tert-alkyl or cyclic N) is 1. The van der Waals surface area contributed by atoms with E-state index in [2.05, 4.69) is 21.9 Å². The van der Waals surface area contributed by atoms with E-state index in [4.69, 9.17) is 17.2 Å². The lowest BCUT2D eigenvalue weighted by Gasteiger charge is -2.23. The van der Waals surface area contributed by atoms with Crippen LogP contribution in [0.15, 0.2) is 31.1 Å². The minimum atomic E-state index is -0.306. The van der Waals surface area contributed by atoms with Crippen LogP contribution in [0.5, 0.6) is 0 Å². The van der Waals surface area contributed by atoms with Crippen LogP contribution >= 0.6 is 12.2 Å². The van der Waals surface area contributed by atoms with Gasteiger partial charge in [-0.1, -0.05) is 6.08 Å². The monoisotopic (exact) mass is 358 g/mol. The van der Waals surface area contributed by atoms with E-state index < -0.39 is 0 Å². The van der Waals surface area contributed by atoms with Gasteiger partial charge < -0.3 is 20.2 Å². The van der Waals surface area contributed by atoms with E-state index in [1.54, 1.807) is 10.7 Å². The molecule has 0 amide bonds. The molecule has 2 aliphatic rings. The van der Waals surface area contributed by atoms with Crippen LogP contribution in [0.2, 0.25) is 0 Å². The van der Waals surface area contributed by atoms with Gasteiger partial charge in [0.2, 0.25) is 0 Å². The summed E-state index contributed by atoms with van der Waals surface area (Å²) < 4.78 is 1.74. The molecule has 2 aromatic heterocycles. The molecule has 2 fully saturated rings. The molecular formula is C17H22N6OS. The Labute approximate surface area is 151 Å². The fourth-order valence-corrected chi connectivity index (χ4v) is 3.83. The van der Waals surface area contributed by atoms with Gasteiger partial charge in [-0.15, -0.1) is 6.58 Å². The molecular weight excluding hydrogens is 336 g/mol. The van der Waals surface area contributed by atoms with Crippen molar-refractivity contribution in [3.63, 3.8) is 0 Å². The fraction of sp³-hybridized carbons (Fsp3) is 0.471. The first kappa shape index (κ1) is 16.3. The number of likely N-dealkylation sites (tertiary alicyclic amines) is 1. The van der Waals surface area contributed by atoms with Gasteiger partial charge in [0, 0.05) is 31.9 Å². The van der Waals surface area contributed by atoms with Crippen LogP contribution in [-0.4, -0.2) is 61.5 Å². The summed E-state index contributed by atoms with van der Waals surface area (Å²) >= 11 is 5.47. The summed E-state index contributed by atoms with van der Waals surface area (Å²) in [6.45, 7) is 6.25. The van der Waals surface area contributed by atoms with Crippen molar-refractivity contribution >= 4 is 34.5 Å². The summed E-state index contributed by atoms with van der Waals surface area (Å²) in [4.78, 5) is 9.05. The number of hydrogen-bond donors (Lipinski definition) is 2. The normalized spacial score (nSPS) is 23.4. The Morgan fingerprint density at radius 1 is 1.40 bits per heavy atom. The van der Waals surface area contributed by atoms with Gasteiger partial charge in [-0.2, -0.15) is 5.10 Å². The van der Waals surface area contributed by atoms with Crippen LogP contribution < -0.4 is 10.2 Å². The maximum atomic E-state index is 9.68. The van der Waals surface area contributed by atoms with Crippen LogP contribution in [0.1, 0.15) is 19.3 Å². The summed E-state index contributed by atoms with van der Waals surface area (Å²) in [7, 11) is 0. The fourth-order valence-electron chi connectivity index (χ4n) is 3.55. The van der Waals surface area contributed by atoms with Crippen LogP contribution in [0, 0.1) is 0 Å². The number of aliphatic hydroxyl groups excluding tert-OH is 1. The molecule has 0 radical (unpaired) electrons. The standard InChI is InChI=1S/C17H22N6OS/c1-2-12-4-3-7-22(12)15-6-9-23-16(20-15)14(10-18-23)19-17(25)21-8-5-13(24)11-21/h2,6,9-10,12-13,24H,1,3-5,7-8,11H2,(H,19,25)/t12-,13-/m0/s1. The van der Waals surface area contributed by atoms with Crippen LogP contribution in [0.25, 0.3) is 5.65 Å². The lowest BCUT2D eigenvalue weighted by molar-refractivity contribution is 0.188. The van der Waals surface area contributed by atoms with Gasteiger partial charge in [-0.05, 0) is 37.5 Å². The van der Waals surface area contributed by atoms with Crippen molar-refractivity contribution in [2.24, 2.45) is 0 Å². The lowest BCUT2D eigenvalue weighted by Crippen LogP contribution is -2.33. The number of thiocarbonyl (C=S) groups is 1. The largest absolute Gasteiger partial charge is 0.391 e. The summed E-state index contributed by atoms with van der Waals surface area (Å²) in [5.41, 5.74) is 1.52. The van der Waals surface area contributed by atoms with E-state index in [0.717, 1.165) is 49.5 Å². The van der Waals surface area contributed by atoms with Gasteiger partial charge in [0.15, 0.2) is 10.8 Å². The first-order chi connectivity index (χ1) is 12.2. The molecule has 2 N–H and O–H groups in total. The highest BCUT2D eigenvalue weighted by Crippen LogP contribution is 2.26. The first-order valence-electron chi connectivity index (χ1n) is 8.63. The number of aromatic nitrogens is 3. The molecule has 132 valence electrons. The number of nitrogens with one attached hydrogen (secondary N) is 1. The summed E-state index contributed by atoms with van der Waals surface area (Å²) in [6.07, 6.45) is 8.35. The molecule has 0 bridgehead atoms. The molecule has 7 nitrogen and oxygen atoms in total. The Hall–Kier alpha value is -2.19. The minimum absolute atomic E-state index is 0.306. The highest BCUT2D eigenvalue weighted by molar-refractivity contribution is 7.80. The zero-order valence-corrected chi connectivity index (χ0v) is 14.8. The number of anilines is 2. The Morgan fingerprint density at radius 3 is 3.04 bits per heavy atom. The molecule has 0 saturated carbocycles. The number of rotatable bonds is 3. The van der Waals surface area contributed by atoms with Gasteiger partial charge in [0.1, 0.15) is 11.5 Å². The van der Waals surface area contributed by atoms with E-state index >= 15 is 0 Å². The zero-order valence-electron chi connectivity index (χ0n) is 14.0. The van der Waals surface area contributed by atoms with Crippen LogP contribution in [0.4, 0.5) is 11.5 Å². The Balaban J connectivity index is 1.58. The van der Waals surface area contributed by atoms with E-state index in [0.29, 0.717) is 17.7 Å². The predicted molar refractivity (Wildman–Crippen MR) is 102 cm³/mol. The molecule has 0 unspecified atom stereocenters. The van der Waals surface area contributed by atoms with E-state index in [-0.39, 0.29) is 6.10 Å². The number of hydrogen-bond acceptors (Lipinski definition) is 5. The second-order valence-electron chi connectivity index (χ2n) is 6.57. The summed E-state index contributed by atoms with van der Waals surface area (Å²) in [5, 5.41) is 17.9. The number of nitrogens with zero attached hydrogens (tertiary/aromatic N) is 5. The molecule has 0 spiro atoms. The molecule has 2 saturated heterocycles. The first-order valence-corrected chi connectivity index (χ1v) is 9.04. The van der Waals surface area contributed by atoms with Crippen molar-refractivity contribution in [1.29, 1.82) is 0 Å². The zero-order chi connectivity index (χ0) is 17.4. The van der Waals surface area contributed by atoms with E-state index in [9.17, 15) is 5.11 Å². The third kappa shape index (κ3) is 3.07. The molecule has 2 aromatic rings. The predicted octanol–water partition coefficient (Wildman–Crippen LogP) is 1.65. The van der Waals surface area contributed by atoms with Crippen molar-refractivity contribution in [2.45, 2.75) is 31.4 Å². The average molecular weight is 358 g/mol. The maximum absolute atomic E-state index is 9.68. The third-order valence-corrected chi connectivity index (χ3v) is 5.27. The van der Waals surface area contributed by atoms with Gasteiger partial charge in [0.25, 0.3) is 0 Å². The summed E-state index contributed by atoms with van der Waals surface area (Å²) in [6, 6.07) is 2.32. The van der Waals surface area contributed by atoms with Gasteiger partial charge in [0.05, 0.1) is 12.3 Å². The van der Waals surface area contributed by atoms with Gasteiger partial charge in [-0.3, -0.25) is 0 Å². The topological polar surface area (TPSA) is 68.9 Å². The van der Waals surface area contributed by atoms with Crippen molar-refractivity contribution < 1.29 is 5.11 Å². The van der Waals surface area contributed by atoms with Crippen LogP contribution in [-0.2, 0) is 0 Å².